The molecule has 0 amide bonds. The first-order valence-electron chi connectivity index (χ1n) is 11.2. The highest BCUT2D eigenvalue weighted by Crippen LogP contribution is 2.33. The van der Waals surface area contributed by atoms with E-state index in [0.717, 1.165) is 37.8 Å². The molecule has 2 aromatic heterocycles. The molecule has 8 nitrogen and oxygen atoms in total. The lowest BCUT2D eigenvalue weighted by atomic mass is 10.1. The Labute approximate surface area is 181 Å². The molecule has 0 unspecified atom stereocenters. The van der Waals surface area contributed by atoms with Gasteiger partial charge in [-0.15, -0.1) is 0 Å². The number of anilines is 2. The Balaban J connectivity index is 1.56. The first-order chi connectivity index (χ1) is 15.0. The van der Waals surface area contributed by atoms with Crippen LogP contribution in [0.5, 0.6) is 0 Å². The number of hydrogen-bond acceptors (Lipinski definition) is 5. The summed E-state index contributed by atoms with van der Waals surface area (Å²) >= 11 is 0. The van der Waals surface area contributed by atoms with Crippen LogP contribution in [0, 0.1) is 13.8 Å². The van der Waals surface area contributed by atoms with E-state index in [1.54, 1.807) is 7.05 Å². The quantitative estimate of drug-likeness (QED) is 0.645. The maximum Gasteiger partial charge on any atom is 0.332 e. The van der Waals surface area contributed by atoms with E-state index in [4.69, 9.17) is 4.98 Å². The minimum atomic E-state index is -0.288. The van der Waals surface area contributed by atoms with Crippen LogP contribution in [0.15, 0.2) is 27.8 Å². The molecule has 3 aromatic rings. The molecule has 0 saturated carbocycles. The fraction of sp³-hybridized carbons (Fsp3) is 0.522. The number of likely N-dealkylation sites (tertiary alicyclic amines) is 1. The number of aryl methyl sites for hydroxylation is 3. The zero-order valence-corrected chi connectivity index (χ0v) is 18.6. The third-order valence-electron chi connectivity index (χ3n) is 6.73. The zero-order valence-electron chi connectivity index (χ0n) is 18.6. The van der Waals surface area contributed by atoms with Gasteiger partial charge in [-0.3, -0.25) is 13.9 Å². The summed E-state index contributed by atoms with van der Waals surface area (Å²) in [6.45, 7) is 8.86. The van der Waals surface area contributed by atoms with E-state index in [0.29, 0.717) is 24.3 Å². The van der Waals surface area contributed by atoms with Crippen LogP contribution in [0.3, 0.4) is 0 Å². The number of rotatable bonds is 4. The average Bonchev–Trinajstić information content (AvgIpc) is 3.33. The van der Waals surface area contributed by atoms with Crippen molar-refractivity contribution >= 4 is 22.8 Å². The van der Waals surface area contributed by atoms with Gasteiger partial charge in [0.2, 0.25) is 5.95 Å². The van der Waals surface area contributed by atoms with Crippen LogP contribution in [0.1, 0.15) is 30.4 Å². The summed E-state index contributed by atoms with van der Waals surface area (Å²) in [7, 11) is 1.71. The van der Waals surface area contributed by atoms with Gasteiger partial charge in [0.1, 0.15) is 0 Å². The van der Waals surface area contributed by atoms with Crippen LogP contribution in [0.25, 0.3) is 11.2 Å². The van der Waals surface area contributed by atoms with E-state index >= 15 is 0 Å². The summed E-state index contributed by atoms with van der Waals surface area (Å²) in [5, 5.41) is 0. The molecule has 0 bridgehead atoms. The van der Waals surface area contributed by atoms with Crippen molar-refractivity contribution in [1.29, 1.82) is 0 Å². The molecule has 2 aliphatic heterocycles. The molecule has 1 saturated heterocycles. The van der Waals surface area contributed by atoms with Crippen LogP contribution in [0.4, 0.5) is 11.6 Å². The highest BCUT2D eigenvalue weighted by atomic mass is 16.2. The van der Waals surface area contributed by atoms with Gasteiger partial charge in [0, 0.05) is 38.9 Å². The Morgan fingerprint density at radius 2 is 1.74 bits per heavy atom. The highest BCUT2D eigenvalue weighted by Gasteiger charge is 2.29. The largest absolute Gasteiger partial charge is 0.332 e. The van der Waals surface area contributed by atoms with Gasteiger partial charge in [0.15, 0.2) is 11.2 Å². The van der Waals surface area contributed by atoms with Crippen LogP contribution in [-0.2, 0) is 20.1 Å². The molecule has 4 heterocycles. The molecule has 164 valence electrons. The maximum absolute atomic E-state index is 13.4. The molecule has 0 spiro atoms. The Morgan fingerprint density at radius 1 is 0.968 bits per heavy atom. The third-order valence-corrected chi connectivity index (χ3v) is 6.73. The lowest BCUT2D eigenvalue weighted by molar-refractivity contribution is 0.218. The van der Waals surface area contributed by atoms with E-state index in [9.17, 15) is 9.59 Å². The highest BCUT2D eigenvalue weighted by molar-refractivity contribution is 5.78. The number of hydrogen-bond donors (Lipinski definition) is 0. The van der Waals surface area contributed by atoms with Crippen LogP contribution < -0.4 is 16.1 Å². The molecule has 0 atom stereocenters. The molecule has 0 N–H and O–H groups in total. The monoisotopic (exact) mass is 422 g/mol. The van der Waals surface area contributed by atoms with Crippen molar-refractivity contribution in [1.82, 2.24) is 23.6 Å². The first-order valence-corrected chi connectivity index (χ1v) is 11.2. The predicted molar refractivity (Wildman–Crippen MR) is 122 cm³/mol. The van der Waals surface area contributed by atoms with Gasteiger partial charge in [-0.05, 0) is 51.4 Å². The van der Waals surface area contributed by atoms with Gasteiger partial charge in [-0.2, -0.15) is 4.98 Å². The van der Waals surface area contributed by atoms with E-state index in [1.807, 2.05) is 4.57 Å². The molecule has 2 aliphatic rings. The fourth-order valence-corrected chi connectivity index (χ4v) is 5.04. The number of benzene rings is 1. The van der Waals surface area contributed by atoms with Crippen molar-refractivity contribution in [2.45, 2.75) is 46.2 Å². The second kappa shape index (κ2) is 7.67. The second-order valence-corrected chi connectivity index (χ2v) is 8.88. The SMILES string of the molecule is Cc1ccc(N2CCn3c2nc2c3c(=O)n(CCN3CCCCC3)c(=O)n2C)c(C)c1. The number of nitrogens with zero attached hydrogens (tertiary/aromatic N) is 6. The second-order valence-electron chi connectivity index (χ2n) is 8.88. The Kier molecular flexibility index (Phi) is 4.97. The molecule has 31 heavy (non-hydrogen) atoms. The number of imidazole rings is 1. The van der Waals surface area contributed by atoms with Gasteiger partial charge in [0.25, 0.3) is 5.56 Å². The van der Waals surface area contributed by atoms with E-state index in [2.05, 4.69) is 41.8 Å². The van der Waals surface area contributed by atoms with Crippen molar-refractivity contribution < 1.29 is 0 Å². The van der Waals surface area contributed by atoms with Crippen molar-refractivity contribution in [3.05, 3.63) is 50.2 Å². The number of aromatic nitrogens is 4. The van der Waals surface area contributed by atoms with Crippen LogP contribution in [0.2, 0.25) is 0 Å². The van der Waals surface area contributed by atoms with Crippen molar-refractivity contribution in [3.8, 4) is 0 Å². The normalized spacial score (nSPS) is 16.9. The van der Waals surface area contributed by atoms with Crippen molar-refractivity contribution in [2.24, 2.45) is 7.05 Å². The Bertz CT molecular complexity index is 1260. The molecular weight excluding hydrogens is 392 g/mol. The molecule has 8 heteroatoms. The molecule has 0 aliphatic carbocycles. The third kappa shape index (κ3) is 3.29. The van der Waals surface area contributed by atoms with Gasteiger partial charge >= 0.3 is 5.69 Å². The minimum absolute atomic E-state index is 0.226. The molecule has 1 aromatic carbocycles. The van der Waals surface area contributed by atoms with E-state index in [-0.39, 0.29) is 11.2 Å². The summed E-state index contributed by atoms with van der Waals surface area (Å²) < 4.78 is 4.90. The molecular formula is C23H30N6O2. The lowest BCUT2D eigenvalue weighted by Gasteiger charge is -2.26. The van der Waals surface area contributed by atoms with Gasteiger partial charge in [-0.1, -0.05) is 24.1 Å². The summed E-state index contributed by atoms with van der Waals surface area (Å²) in [5.41, 5.74) is 3.97. The van der Waals surface area contributed by atoms with E-state index < -0.39 is 0 Å². The lowest BCUT2D eigenvalue weighted by Crippen LogP contribution is -2.43. The van der Waals surface area contributed by atoms with Crippen molar-refractivity contribution in [3.63, 3.8) is 0 Å². The number of fused-ring (bicyclic) bond motifs is 3. The summed E-state index contributed by atoms with van der Waals surface area (Å²) in [4.78, 5) is 35.6. The number of piperidine rings is 1. The summed E-state index contributed by atoms with van der Waals surface area (Å²) in [6, 6.07) is 6.36. The maximum atomic E-state index is 13.4. The predicted octanol–water partition coefficient (Wildman–Crippen LogP) is 2.15. The van der Waals surface area contributed by atoms with Crippen LogP contribution in [-0.4, -0.2) is 49.8 Å². The molecule has 0 radical (unpaired) electrons. The van der Waals surface area contributed by atoms with E-state index in [1.165, 1.54) is 39.5 Å². The summed E-state index contributed by atoms with van der Waals surface area (Å²) in [5.74, 6) is 0.739. The molecule has 5 rings (SSSR count). The minimum Gasteiger partial charge on any atom is -0.310 e. The van der Waals surface area contributed by atoms with Crippen LogP contribution >= 0.6 is 0 Å². The topological polar surface area (TPSA) is 68.3 Å². The first kappa shape index (κ1) is 20.1. The van der Waals surface area contributed by atoms with Gasteiger partial charge in [0.05, 0.1) is 0 Å². The zero-order chi connectivity index (χ0) is 21.7. The van der Waals surface area contributed by atoms with Gasteiger partial charge < -0.3 is 14.4 Å². The smallest absolute Gasteiger partial charge is 0.310 e. The Hall–Kier alpha value is -2.87. The molecule has 1 fully saturated rings. The fourth-order valence-electron chi connectivity index (χ4n) is 5.04. The standard InChI is InChI=1S/C23H30N6O2/c1-16-7-8-18(17(2)15-16)27-13-14-28-19-20(24-22(27)28)25(3)23(31)29(21(19)30)12-11-26-9-5-4-6-10-26/h7-8,15H,4-6,9-14H2,1-3H3. The summed E-state index contributed by atoms with van der Waals surface area (Å²) in [6.07, 6.45) is 3.65. The average molecular weight is 423 g/mol. The van der Waals surface area contributed by atoms with Gasteiger partial charge in [-0.25, -0.2) is 4.79 Å². The van der Waals surface area contributed by atoms with Crippen molar-refractivity contribution in [2.75, 3.05) is 31.1 Å². The Morgan fingerprint density at radius 3 is 2.48 bits per heavy atom.